The number of thiazole rings is 1. The molecule has 0 amide bonds. The van der Waals surface area contributed by atoms with Crippen LogP contribution in [0.4, 0.5) is 5.69 Å². The van der Waals surface area contributed by atoms with Crippen LogP contribution in [0.5, 0.6) is 0 Å². The maximum Gasteiger partial charge on any atom is 0.103 e. The Hall–Kier alpha value is -2.20. The number of aromatic nitrogens is 1. The average Bonchev–Trinajstić information content (AvgIpc) is 3.10. The average molecular weight is 382 g/mol. The van der Waals surface area contributed by atoms with Crippen molar-refractivity contribution in [3.8, 4) is 0 Å². The SMILES string of the molecule is CCC/C=C(/C=C\N=C(C)Nc1ccc(C)cc1)c1cnc(C(C)(C)C)s1. The van der Waals surface area contributed by atoms with E-state index in [1.807, 2.05) is 19.3 Å². The van der Waals surface area contributed by atoms with Gasteiger partial charge in [0.1, 0.15) is 5.84 Å². The fraction of sp³-hybridized carbons (Fsp3) is 0.391. The van der Waals surface area contributed by atoms with Gasteiger partial charge in [-0.3, -0.25) is 0 Å². The molecule has 0 fully saturated rings. The summed E-state index contributed by atoms with van der Waals surface area (Å²) in [6.45, 7) is 12.9. The smallest absolute Gasteiger partial charge is 0.103 e. The molecule has 0 unspecified atom stereocenters. The topological polar surface area (TPSA) is 37.3 Å². The second kappa shape index (κ2) is 9.65. The van der Waals surface area contributed by atoms with Crippen LogP contribution in [-0.4, -0.2) is 10.8 Å². The Balaban J connectivity index is 2.13. The molecule has 0 bridgehead atoms. The van der Waals surface area contributed by atoms with Crippen molar-refractivity contribution in [2.24, 2.45) is 4.99 Å². The maximum absolute atomic E-state index is 4.62. The summed E-state index contributed by atoms with van der Waals surface area (Å²) in [7, 11) is 0. The van der Waals surface area contributed by atoms with Crippen molar-refractivity contribution in [1.29, 1.82) is 0 Å². The molecule has 1 N–H and O–H groups in total. The first kappa shape index (κ1) is 21.1. The van der Waals surface area contributed by atoms with E-state index in [1.54, 1.807) is 11.3 Å². The van der Waals surface area contributed by atoms with Crippen molar-refractivity contribution in [2.45, 2.75) is 59.8 Å². The van der Waals surface area contributed by atoms with Gasteiger partial charge in [0.15, 0.2) is 0 Å². The Morgan fingerprint density at radius 2 is 1.93 bits per heavy atom. The molecule has 27 heavy (non-hydrogen) atoms. The second-order valence-electron chi connectivity index (χ2n) is 7.75. The predicted octanol–water partition coefficient (Wildman–Crippen LogP) is 6.98. The highest BCUT2D eigenvalue weighted by atomic mass is 32.1. The molecule has 1 aromatic heterocycles. The van der Waals surface area contributed by atoms with E-state index in [4.69, 9.17) is 0 Å². The van der Waals surface area contributed by atoms with E-state index in [1.165, 1.54) is 16.0 Å². The van der Waals surface area contributed by atoms with E-state index in [-0.39, 0.29) is 5.41 Å². The van der Waals surface area contributed by atoms with Crippen molar-refractivity contribution in [3.05, 3.63) is 64.3 Å². The van der Waals surface area contributed by atoms with Crippen molar-refractivity contribution < 1.29 is 0 Å². The largest absolute Gasteiger partial charge is 0.344 e. The fourth-order valence-corrected chi connectivity index (χ4v) is 3.41. The van der Waals surface area contributed by atoms with Crippen LogP contribution in [0.15, 0.2) is 53.8 Å². The minimum atomic E-state index is 0.0786. The second-order valence-corrected chi connectivity index (χ2v) is 8.78. The third-order valence-corrected chi connectivity index (χ3v) is 5.46. The van der Waals surface area contributed by atoms with E-state index in [2.05, 4.69) is 86.3 Å². The van der Waals surface area contributed by atoms with Crippen molar-refractivity contribution >= 4 is 28.4 Å². The minimum Gasteiger partial charge on any atom is -0.344 e. The van der Waals surface area contributed by atoms with Gasteiger partial charge in [-0.25, -0.2) is 9.98 Å². The van der Waals surface area contributed by atoms with Crippen molar-refractivity contribution in [1.82, 2.24) is 4.98 Å². The molecule has 0 radical (unpaired) electrons. The number of hydrogen-bond donors (Lipinski definition) is 1. The third kappa shape index (κ3) is 6.79. The first-order valence-corrected chi connectivity index (χ1v) is 10.3. The molecule has 0 atom stereocenters. The van der Waals surface area contributed by atoms with Crippen LogP contribution in [0.3, 0.4) is 0 Å². The standard InChI is InChI=1S/C23H31N3S/c1-7-8-9-19(21-16-25-22(27-21)23(4,5)6)14-15-24-18(3)26-20-12-10-17(2)11-13-20/h9-16H,7-8H2,1-6H3,(H,24,26)/b15-14-,19-9-. The number of nitrogens with one attached hydrogen (secondary N) is 1. The third-order valence-electron chi connectivity index (χ3n) is 3.98. The zero-order chi connectivity index (χ0) is 19.9. The van der Waals surface area contributed by atoms with Gasteiger partial charge in [0.25, 0.3) is 0 Å². The number of nitrogens with zero attached hydrogens (tertiary/aromatic N) is 2. The maximum atomic E-state index is 4.62. The zero-order valence-corrected chi connectivity index (χ0v) is 18.2. The number of rotatable bonds is 6. The molecular formula is C23H31N3S. The molecule has 0 saturated carbocycles. The first-order chi connectivity index (χ1) is 12.8. The number of unbranched alkanes of at least 4 members (excludes halogenated alkanes) is 1. The Labute approximate surface area is 168 Å². The van der Waals surface area contributed by atoms with Gasteiger partial charge in [0.05, 0.1) is 9.88 Å². The number of amidine groups is 1. The summed E-state index contributed by atoms with van der Waals surface area (Å²) in [6.07, 6.45) is 10.4. The number of benzene rings is 1. The molecule has 0 aliphatic heterocycles. The molecule has 0 aliphatic rings. The number of allylic oxidation sites excluding steroid dienone is 3. The van der Waals surface area contributed by atoms with E-state index >= 15 is 0 Å². The number of hydrogen-bond acceptors (Lipinski definition) is 3. The first-order valence-electron chi connectivity index (χ1n) is 9.51. The molecule has 4 heteroatoms. The van der Waals surface area contributed by atoms with Gasteiger partial charge in [-0.2, -0.15) is 0 Å². The molecule has 0 spiro atoms. The van der Waals surface area contributed by atoms with Crippen LogP contribution in [-0.2, 0) is 5.41 Å². The summed E-state index contributed by atoms with van der Waals surface area (Å²) in [5.41, 5.74) is 3.57. The van der Waals surface area contributed by atoms with E-state index in [9.17, 15) is 0 Å². The van der Waals surface area contributed by atoms with Gasteiger partial charge in [0, 0.05) is 23.5 Å². The summed E-state index contributed by atoms with van der Waals surface area (Å²) < 4.78 is 0. The molecule has 144 valence electrons. The molecule has 2 aromatic rings. The van der Waals surface area contributed by atoms with Gasteiger partial charge in [0.2, 0.25) is 0 Å². The van der Waals surface area contributed by atoms with Gasteiger partial charge >= 0.3 is 0 Å². The number of aliphatic imine (C=N–C) groups is 1. The Kier molecular flexibility index (Phi) is 7.55. The van der Waals surface area contributed by atoms with E-state index in [0.29, 0.717) is 0 Å². The summed E-state index contributed by atoms with van der Waals surface area (Å²) in [5.74, 6) is 0.865. The summed E-state index contributed by atoms with van der Waals surface area (Å²) in [5, 5.41) is 4.48. The quantitative estimate of drug-likeness (QED) is 0.333. The van der Waals surface area contributed by atoms with E-state index in [0.717, 1.165) is 29.4 Å². The van der Waals surface area contributed by atoms with Gasteiger partial charge in [-0.1, -0.05) is 57.9 Å². The highest BCUT2D eigenvalue weighted by molar-refractivity contribution is 7.12. The lowest BCUT2D eigenvalue weighted by atomic mass is 9.98. The number of aryl methyl sites for hydroxylation is 1. The van der Waals surface area contributed by atoms with Crippen LogP contribution in [0.2, 0.25) is 0 Å². The van der Waals surface area contributed by atoms with Gasteiger partial charge in [-0.15, -0.1) is 11.3 Å². The van der Waals surface area contributed by atoms with Crippen LogP contribution in [0.1, 0.15) is 62.9 Å². The molecule has 3 nitrogen and oxygen atoms in total. The zero-order valence-electron chi connectivity index (χ0n) is 17.3. The van der Waals surface area contributed by atoms with Crippen molar-refractivity contribution in [2.75, 3.05) is 5.32 Å². The predicted molar refractivity (Wildman–Crippen MR) is 121 cm³/mol. The highest BCUT2D eigenvalue weighted by Gasteiger charge is 2.18. The molecule has 2 rings (SSSR count). The summed E-state index contributed by atoms with van der Waals surface area (Å²) >= 11 is 1.77. The highest BCUT2D eigenvalue weighted by Crippen LogP contribution is 2.31. The summed E-state index contributed by atoms with van der Waals surface area (Å²) in [4.78, 5) is 10.4. The minimum absolute atomic E-state index is 0.0786. The Morgan fingerprint density at radius 3 is 2.52 bits per heavy atom. The Morgan fingerprint density at radius 1 is 1.22 bits per heavy atom. The van der Waals surface area contributed by atoms with Gasteiger partial charge < -0.3 is 5.32 Å². The number of anilines is 1. The van der Waals surface area contributed by atoms with Crippen molar-refractivity contribution in [3.63, 3.8) is 0 Å². The lowest BCUT2D eigenvalue weighted by Crippen LogP contribution is -2.09. The molecular weight excluding hydrogens is 350 g/mol. The fourth-order valence-electron chi connectivity index (χ4n) is 2.41. The normalized spacial score (nSPS) is 13.4. The van der Waals surface area contributed by atoms with E-state index < -0.39 is 0 Å². The monoisotopic (exact) mass is 381 g/mol. The molecule has 1 aromatic carbocycles. The van der Waals surface area contributed by atoms with Crippen LogP contribution < -0.4 is 5.32 Å². The lowest BCUT2D eigenvalue weighted by molar-refractivity contribution is 0.585. The molecule has 0 saturated heterocycles. The van der Waals surface area contributed by atoms with Crippen LogP contribution in [0, 0.1) is 6.92 Å². The van der Waals surface area contributed by atoms with Crippen LogP contribution in [0.25, 0.3) is 5.57 Å². The summed E-state index contributed by atoms with van der Waals surface area (Å²) in [6, 6.07) is 8.31. The lowest BCUT2D eigenvalue weighted by Gasteiger charge is -2.13. The van der Waals surface area contributed by atoms with Crippen LogP contribution >= 0.6 is 11.3 Å². The Bertz CT molecular complexity index is 818. The molecule has 0 aliphatic carbocycles. The molecule has 1 heterocycles. The van der Waals surface area contributed by atoms with Gasteiger partial charge in [-0.05, 0) is 44.1 Å².